The van der Waals surface area contributed by atoms with Gasteiger partial charge in [0.05, 0.1) is 6.54 Å². The fraction of sp³-hybridized carbons (Fsp3) is 0.308. The lowest BCUT2D eigenvalue weighted by Crippen LogP contribution is -2.34. The molecule has 0 spiro atoms. The molecular weight excluding hydrogens is 218 g/mol. The van der Waals surface area contributed by atoms with Crippen LogP contribution in [0.2, 0.25) is 0 Å². The van der Waals surface area contributed by atoms with Crippen LogP contribution in [0.1, 0.15) is 12.0 Å². The molecule has 0 bridgehead atoms. The smallest absolute Gasteiger partial charge is 0.410 e. The standard InChI is InChI=1S/C13H13NO3/c15-13(14-7-6-11-12(8-14)17-11)16-9-10-4-2-1-3-5-10/h1-5H,6-9H2. The van der Waals surface area contributed by atoms with Crippen molar-refractivity contribution in [3.63, 3.8) is 0 Å². The minimum absolute atomic E-state index is 0.268. The highest BCUT2D eigenvalue weighted by atomic mass is 16.6. The largest absolute Gasteiger partial charge is 0.457 e. The number of nitrogens with zero attached hydrogens (tertiary/aromatic N) is 1. The second-order valence-corrected chi connectivity index (χ2v) is 4.16. The van der Waals surface area contributed by atoms with E-state index in [1.165, 1.54) is 0 Å². The zero-order valence-corrected chi connectivity index (χ0v) is 9.39. The molecule has 1 aromatic carbocycles. The molecule has 0 unspecified atom stereocenters. The number of carbonyl (C=O) groups is 1. The van der Waals surface area contributed by atoms with E-state index in [0.717, 1.165) is 23.5 Å². The van der Waals surface area contributed by atoms with Crippen molar-refractivity contribution in [2.75, 3.05) is 13.1 Å². The molecule has 2 aliphatic rings. The Hall–Kier alpha value is -1.97. The first-order valence-electron chi connectivity index (χ1n) is 5.68. The van der Waals surface area contributed by atoms with Crippen molar-refractivity contribution in [3.8, 4) is 0 Å². The Morgan fingerprint density at radius 3 is 2.88 bits per heavy atom. The summed E-state index contributed by atoms with van der Waals surface area (Å²) < 4.78 is 10.4. The molecule has 4 nitrogen and oxygen atoms in total. The van der Waals surface area contributed by atoms with Gasteiger partial charge in [0.25, 0.3) is 0 Å². The fourth-order valence-electron chi connectivity index (χ4n) is 1.89. The van der Waals surface area contributed by atoms with Gasteiger partial charge in [-0.15, -0.1) is 0 Å². The summed E-state index contributed by atoms with van der Waals surface area (Å²) in [6, 6.07) is 9.68. The van der Waals surface area contributed by atoms with E-state index in [0.29, 0.717) is 19.7 Å². The van der Waals surface area contributed by atoms with Gasteiger partial charge in [-0.3, -0.25) is 0 Å². The van der Waals surface area contributed by atoms with E-state index in [4.69, 9.17) is 9.47 Å². The molecule has 3 rings (SSSR count). The summed E-state index contributed by atoms with van der Waals surface area (Å²) >= 11 is 0. The second kappa shape index (κ2) is 4.13. The van der Waals surface area contributed by atoms with Gasteiger partial charge in [0.2, 0.25) is 0 Å². The van der Waals surface area contributed by atoms with E-state index in [1.54, 1.807) is 4.90 Å². The zero-order chi connectivity index (χ0) is 11.7. The van der Waals surface area contributed by atoms with E-state index >= 15 is 0 Å². The van der Waals surface area contributed by atoms with E-state index < -0.39 is 0 Å². The summed E-state index contributed by atoms with van der Waals surface area (Å²) in [5.41, 5.74) is 1.00. The van der Waals surface area contributed by atoms with Crippen molar-refractivity contribution >= 4 is 6.09 Å². The second-order valence-electron chi connectivity index (χ2n) is 4.16. The Morgan fingerprint density at radius 2 is 2.12 bits per heavy atom. The first-order valence-corrected chi connectivity index (χ1v) is 5.68. The lowest BCUT2D eigenvalue weighted by atomic mass is 10.2. The molecule has 1 aromatic rings. The molecule has 88 valence electrons. The number of amides is 1. The molecule has 0 saturated heterocycles. The highest BCUT2D eigenvalue weighted by molar-refractivity contribution is 5.68. The average Bonchev–Trinajstić information content (AvgIpc) is 3.15. The Morgan fingerprint density at radius 1 is 1.29 bits per heavy atom. The Labute approximate surface area is 99.4 Å². The van der Waals surface area contributed by atoms with Crippen molar-refractivity contribution in [2.45, 2.75) is 13.0 Å². The predicted octanol–water partition coefficient (Wildman–Crippen LogP) is 2.27. The first kappa shape index (κ1) is 10.2. The van der Waals surface area contributed by atoms with Gasteiger partial charge < -0.3 is 14.4 Å². The monoisotopic (exact) mass is 231 g/mol. The Bertz CT molecular complexity index is 467. The van der Waals surface area contributed by atoms with Gasteiger partial charge in [0.1, 0.15) is 12.4 Å². The Balaban J connectivity index is 1.52. The summed E-state index contributed by atoms with van der Waals surface area (Å²) in [5, 5.41) is 0. The van der Waals surface area contributed by atoms with Gasteiger partial charge in [0, 0.05) is 13.0 Å². The third-order valence-electron chi connectivity index (χ3n) is 2.92. The lowest BCUT2D eigenvalue weighted by molar-refractivity contribution is 0.0989. The van der Waals surface area contributed by atoms with Gasteiger partial charge in [-0.05, 0) is 5.56 Å². The van der Waals surface area contributed by atoms with Gasteiger partial charge in [-0.1, -0.05) is 30.3 Å². The van der Waals surface area contributed by atoms with Crippen LogP contribution in [0.3, 0.4) is 0 Å². The first-order chi connectivity index (χ1) is 8.33. The maximum Gasteiger partial charge on any atom is 0.410 e. The molecule has 0 N–H and O–H groups in total. The highest BCUT2D eigenvalue weighted by Crippen LogP contribution is 2.33. The quantitative estimate of drug-likeness (QED) is 0.784. The lowest BCUT2D eigenvalue weighted by Gasteiger charge is -2.20. The molecule has 0 aromatic heterocycles. The topological polar surface area (TPSA) is 42.1 Å². The molecule has 4 heteroatoms. The average molecular weight is 231 g/mol. The highest BCUT2D eigenvalue weighted by Gasteiger charge is 2.34. The molecule has 0 atom stereocenters. The summed E-state index contributed by atoms with van der Waals surface area (Å²) in [7, 11) is 0. The van der Waals surface area contributed by atoms with Crippen LogP contribution in [0.5, 0.6) is 0 Å². The molecule has 0 saturated carbocycles. The number of hydrogen-bond donors (Lipinski definition) is 0. The zero-order valence-electron chi connectivity index (χ0n) is 9.39. The molecule has 0 aliphatic carbocycles. The van der Waals surface area contributed by atoms with E-state index in [1.807, 2.05) is 30.3 Å². The molecule has 2 aliphatic heterocycles. The van der Waals surface area contributed by atoms with Gasteiger partial charge in [-0.2, -0.15) is 0 Å². The van der Waals surface area contributed by atoms with Gasteiger partial charge in [-0.25, -0.2) is 4.79 Å². The molecule has 17 heavy (non-hydrogen) atoms. The van der Waals surface area contributed by atoms with Crippen LogP contribution in [0.25, 0.3) is 0 Å². The fourth-order valence-corrected chi connectivity index (χ4v) is 1.89. The Kier molecular flexibility index (Phi) is 2.48. The van der Waals surface area contributed by atoms with Crippen molar-refractivity contribution in [1.82, 2.24) is 4.90 Å². The molecule has 1 amide bonds. The van der Waals surface area contributed by atoms with E-state index in [-0.39, 0.29) is 6.09 Å². The van der Waals surface area contributed by atoms with Gasteiger partial charge >= 0.3 is 6.09 Å². The number of carbonyl (C=O) groups excluding carboxylic acids is 1. The number of benzene rings is 1. The van der Waals surface area contributed by atoms with Gasteiger partial charge in [0.15, 0.2) is 5.76 Å². The molecular formula is C13H13NO3. The van der Waals surface area contributed by atoms with Crippen LogP contribution in [-0.2, 0) is 16.1 Å². The van der Waals surface area contributed by atoms with Crippen LogP contribution in [0.4, 0.5) is 4.79 Å². The summed E-state index contributed by atoms with van der Waals surface area (Å²) in [5.74, 6) is 1.99. The number of ether oxygens (including phenoxy) is 2. The third-order valence-corrected chi connectivity index (χ3v) is 2.92. The normalized spacial score (nSPS) is 17.3. The predicted molar refractivity (Wildman–Crippen MR) is 60.9 cm³/mol. The van der Waals surface area contributed by atoms with E-state index in [2.05, 4.69) is 0 Å². The van der Waals surface area contributed by atoms with Crippen molar-refractivity contribution in [2.24, 2.45) is 0 Å². The summed E-state index contributed by atoms with van der Waals surface area (Å²) in [4.78, 5) is 13.4. The maximum atomic E-state index is 11.8. The minimum atomic E-state index is -0.268. The van der Waals surface area contributed by atoms with Crippen LogP contribution < -0.4 is 0 Å². The molecule has 0 fully saturated rings. The maximum absolute atomic E-state index is 11.8. The van der Waals surface area contributed by atoms with E-state index in [9.17, 15) is 4.79 Å². The van der Waals surface area contributed by atoms with Crippen LogP contribution in [-0.4, -0.2) is 24.1 Å². The molecule has 2 heterocycles. The number of hydrogen-bond acceptors (Lipinski definition) is 3. The number of rotatable bonds is 2. The molecule has 0 radical (unpaired) electrons. The van der Waals surface area contributed by atoms with Crippen LogP contribution >= 0.6 is 0 Å². The SMILES string of the molecule is O=C(OCc1ccccc1)N1CCC2=C(C1)O2. The minimum Gasteiger partial charge on any atom is -0.457 e. The van der Waals surface area contributed by atoms with Crippen LogP contribution in [0.15, 0.2) is 41.9 Å². The summed E-state index contributed by atoms with van der Waals surface area (Å²) in [6.45, 7) is 1.57. The van der Waals surface area contributed by atoms with Crippen molar-refractivity contribution in [3.05, 3.63) is 47.4 Å². The third kappa shape index (κ3) is 2.25. The summed E-state index contributed by atoms with van der Waals surface area (Å²) in [6.07, 6.45) is 0.548. The van der Waals surface area contributed by atoms with Crippen molar-refractivity contribution < 1.29 is 14.3 Å². The van der Waals surface area contributed by atoms with Crippen LogP contribution in [0, 0.1) is 0 Å². The van der Waals surface area contributed by atoms with Crippen molar-refractivity contribution in [1.29, 1.82) is 0 Å².